The zero-order valence-electron chi connectivity index (χ0n) is 16.2. The van der Waals surface area contributed by atoms with E-state index in [9.17, 15) is 9.59 Å². The molecule has 0 saturated carbocycles. The van der Waals surface area contributed by atoms with Crippen LogP contribution in [0.3, 0.4) is 0 Å². The Morgan fingerprint density at radius 1 is 1.20 bits per heavy atom. The lowest BCUT2D eigenvalue weighted by atomic mass is 10.1. The highest BCUT2D eigenvalue weighted by atomic mass is 35.5. The Kier molecular flexibility index (Phi) is 7.25. The summed E-state index contributed by atoms with van der Waals surface area (Å²) < 4.78 is 15.9. The highest BCUT2D eigenvalue weighted by Crippen LogP contribution is 2.38. The van der Waals surface area contributed by atoms with Gasteiger partial charge >= 0.3 is 0 Å². The quantitative estimate of drug-likeness (QED) is 0.667. The molecule has 1 saturated heterocycles. The number of amides is 2. The van der Waals surface area contributed by atoms with Gasteiger partial charge < -0.3 is 30.2 Å². The lowest BCUT2D eigenvalue weighted by Gasteiger charge is -2.31. The molecule has 0 atom stereocenters. The highest BCUT2D eigenvalue weighted by molar-refractivity contribution is 6.34. The molecule has 10 heteroatoms. The van der Waals surface area contributed by atoms with Crippen molar-refractivity contribution in [2.45, 2.75) is 0 Å². The van der Waals surface area contributed by atoms with Crippen molar-refractivity contribution in [3.8, 4) is 11.5 Å². The molecule has 1 fully saturated rings. The minimum Gasteiger partial charge on any atom is -0.493 e. The maximum Gasteiger partial charge on any atom is 0.255 e. The fraction of sp³-hybridized carbons (Fsp3) is 0.300. The molecule has 0 unspecified atom stereocenters. The average Bonchev–Trinajstić information content (AvgIpc) is 2.72. The Morgan fingerprint density at radius 3 is 2.60 bits per heavy atom. The van der Waals surface area contributed by atoms with Crippen LogP contribution >= 0.6 is 23.2 Å². The van der Waals surface area contributed by atoms with Gasteiger partial charge in [0.15, 0.2) is 18.1 Å². The van der Waals surface area contributed by atoms with E-state index in [4.69, 9.17) is 43.1 Å². The van der Waals surface area contributed by atoms with Gasteiger partial charge in [-0.15, -0.1) is 0 Å². The molecule has 8 nitrogen and oxygen atoms in total. The van der Waals surface area contributed by atoms with E-state index in [1.165, 1.54) is 19.2 Å². The molecular weight excluding hydrogens is 433 g/mol. The maximum atomic E-state index is 12.9. The fourth-order valence-electron chi connectivity index (χ4n) is 3.05. The predicted octanol–water partition coefficient (Wildman–Crippen LogP) is 2.96. The Labute approximate surface area is 183 Å². The van der Waals surface area contributed by atoms with Crippen molar-refractivity contribution >= 4 is 46.4 Å². The number of methoxy groups -OCH3 is 1. The molecule has 3 N–H and O–H groups in total. The number of morpholine rings is 1. The maximum absolute atomic E-state index is 12.9. The number of carbonyl (C=O) groups is 2. The van der Waals surface area contributed by atoms with Crippen molar-refractivity contribution in [3.63, 3.8) is 0 Å². The van der Waals surface area contributed by atoms with Crippen molar-refractivity contribution in [2.24, 2.45) is 5.73 Å². The van der Waals surface area contributed by atoms with Crippen LogP contribution in [-0.2, 0) is 9.53 Å². The van der Waals surface area contributed by atoms with Gasteiger partial charge in [0.1, 0.15) is 0 Å². The number of ether oxygens (including phenoxy) is 3. The third-order valence-corrected chi connectivity index (χ3v) is 5.00. The van der Waals surface area contributed by atoms with Gasteiger partial charge in [-0.1, -0.05) is 29.3 Å². The third kappa shape index (κ3) is 5.08. The number of nitrogens with zero attached hydrogens (tertiary/aromatic N) is 1. The minimum absolute atomic E-state index is 0.111. The summed E-state index contributed by atoms with van der Waals surface area (Å²) in [5.41, 5.74) is 6.65. The van der Waals surface area contributed by atoms with Crippen LogP contribution in [0, 0.1) is 0 Å². The van der Waals surface area contributed by atoms with Gasteiger partial charge in [-0.2, -0.15) is 0 Å². The number of nitrogens with one attached hydrogen (secondary N) is 1. The van der Waals surface area contributed by atoms with Crippen molar-refractivity contribution < 1.29 is 23.8 Å². The number of benzene rings is 2. The average molecular weight is 454 g/mol. The second kappa shape index (κ2) is 9.88. The molecule has 2 aromatic rings. The number of anilines is 2. The Balaban J connectivity index is 1.87. The lowest BCUT2D eigenvalue weighted by Crippen LogP contribution is -2.37. The van der Waals surface area contributed by atoms with Crippen LogP contribution in [0.15, 0.2) is 30.3 Å². The molecule has 160 valence electrons. The molecule has 2 aromatic carbocycles. The number of carbonyl (C=O) groups excluding carboxylic acids is 2. The number of para-hydroxylation sites is 1. The number of hydrogen-bond donors (Lipinski definition) is 2. The molecular formula is C20H21Cl2N3O5. The Bertz CT molecular complexity index is 948. The van der Waals surface area contributed by atoms with E-state index in [1.807, 2.05) is 0 Å². The van der Waals surface area contributed by atoms with E-state index < -0.39 is 11.8 Å². The standard InChI is InChI=1S/C20H21Cl2N3O5/c1-28-16-10-12(9-14(22)19(16)30-11-17(23)26)20(27)24-15-4-2-3-13(21)18(15)25-5-7-29-8-6-25/h2-4,9-10H,5-8,11H2,1H3,(H2,23,26)(H,24,27). The van der Waals surface area contributed by atoms with Crippen LogP contribution < -0.4 is 25.4 Å². The summed E-state index contributed by atoms with van der Waals surface area (Å²) in [5, 5.41) is 3.52. The van der Waals surface area contributed by atoms with Gasteiger partial charge in [0.2, 0.25) is 0 Å². The van der Waals surface area contributed by atoms with Crippen molar-refractivity contribution in [2.75, 3.05) is 50.2 Å². The van der Waals surface area contributed by atoms with E-state index in [0.29, 0.717) is 37.0 Å². The van der Waals surface area contributed by atoms with Crippen LogP contribution in [0.1, 0.15) is 10.4 Å². The lowest BCUT2D eigenvalue weighted by molar-refractivity contribution is -0.119. The van der Waals surface area contributed by atoms with Gasteiger partial charge in [0, 0.05) is 18.7 Å². The first-order chi connectivity index (χ1) is 14.4. The minimum atomic E-state index is -0.661. The highest BCUT2D eigenvalue weighted by Gasteiger charge is 2.21. The van der Waals surface area contributed by atoms with Crippen molar-refractivity contribution in [1.29, 1.82) is 0 Å². The van der Waals surface area contributed by atoms with Crippen LogP contribution in [0.5, 0.6) is 11.5 Å². The van der Waals surface area contributed by atoms with Crippen LogP contribution in [0.2, 0.25) is 10.0 Å². The first-order valence-electron chi connectivity index (χ1n) is 9.12. The third-order valence-electron chi connectivity index (χ3n) is 4.41. The van der Waals surface area contributed by atoms with E-state index in [-0.39, 0.29) is 28.7 Å². The summed E-state index contributed by atoms with van der Waals surface area (Å²) in [6, 6.07) is 8.20. The SMILES string of the molecule is COc1cc(C(=O)Nc2cccc(Cl)c2N2CCOCC2)cc(Cl)c1OCC(N)=O. The smallest absolute Gasteiger partial charge is 0.255 e. The predicted molar refractivity (Wildman–Crippen MR) is 115 cm³/mol. The summed E-state index contributed by atoms with van der Waals surface area (Å²) in [6.45, 7) is 2.12. The first-order valence-corrected chi connectivity index (χ1v) is 9.87. The van der Waals surface area contributed by atoms with Crippen molar-refractivity contribution in [1.82, 2.24) is 0 Å². The zero-order chi connectivity index (χ0) is 21.7. The number of halogens is 2. The van der Waals surface area contributed by atoms with E-state index >= 15 is 0 Å². The topological polar surface area (TPSA) is 103 Å². The van der Waals surface area contributed by atoms with Crippen LogP contribution in [-0.4, -0.2) is 51.8 Å². The molecule has 0 aromatic heterocycles. The first kappa shape index (κ1) is 22.0. The number of hydrogen-bond acceptors (Lipinski definition) is 6. The van der Waals surface area contributed by atoms with Gasteiger partial charge in [-0.3, -0.25) is 9.59 Å². The molecule has 0 bridgehead atoms. The summed E-state index contributed by atoms with van der Waals surface area (Å²) in [4.78, 5) is 26.0. The summed E-state index contributed by atoms with van der Waals surface area (Å²) in [6.07, 6.45) is 0. The Hall–Kier alpha value is -2.68. The fourth-order valence-corrected chi connectivity index (χ4v) is 3.61. The molecule has 0 aliphatic carbocycles. The number of nitrogens with two attached hydrogens (primary N) is 1. The van der Waals surface area contributed by atoms with E-state index in [0.717, 1.165) is 5.69 Å². The summed E-state index contributed by atoms with van der Waals surface area (Å²) >= 11 is 12.7. The molecule has 1 aliphatic heterocycles. The molecule has 1 aliphatic rings. The molecule has 3 rings (SSSR count). The van der Waals surface area contributed by atoms with Gasteiger partial charge in [0.05, 0.1) is 41.7 Å². The summed E-state index contributed by atoms with van der Waals surface area (Å²) in [7, 11) is 1.40. The normalized spacial score (nSPS) is 13.6. The summed E-state index contributed by atoms with van der Waals surface area (Å²) in [5.74, 6) is -0.736. The second-order valence-electron chi connectivity index (χ2n) is 6.43. The number of rotatable bonds is 7. The molecule has 0 radical (unpaired) electrons. The zero-order valence-corrected chi connectivity index (χ0v) is 17.8. The number of primary amides is 1. The van der Waals surface area contributed by atoms with Crippen LogP contribution in [0.4, 0.5) is 11.4 Å². The molecule has 1 heterocycles. The molecule has 0 spiro atoms. The van der Waals surface area contributed by atoms with Gasteiger partial charge in [-0.05, 0) is 24.3 Å². The molecule has 2 amide bonds. The van der Waals surface area contributed by atoms with E-state index in [2.05, 4.69) is 10.2 Å². The second-order valence-corrected chi connectivity index (χ2v) is 7.25. The molecule has 30 heavy (non-hydrogen) atoms. The van der Waals surface area contributed by atoms with Gasteiger partial charge in [-0.25, -0.2) is 0 Å². The largest absolute Gasteiger partial charge is 0.493 e. The van der Waals surface area contributed by atoms with E-state index in [1.54, 1.807) is 18.2 Å². The van der Waals surface area contributed by atoms with Crippen molar-refractivity contribution in [3.05, 3.63) is 45.9 Å². The van der Waals surface area contributed by atoms with Gasteiger partial charge in [0.25, 0.3) is 11.8 Å². The monoisotopic (exact) mass is 453 g/mol. The van der Waals surface area contributed by atoms with Crippen LogP contribution in [0.25, 0.3) is 0 Å². The Morgan fingerprint density at radius 2 is 1.93 bits per heavy atom.